The summed E-state index contributed by atoms with van der Waals surface area (Å²) in [7, 11) is 0. The Morgan fingerprint density at radius 2 is 1.77 bits per heavy atom. The van der Waals surface area contributed by atoms with Gasteiger partial charge in [-0.15, -0.1) is 0 Å². The number of fused-ring (bicyclic) bond motifs is 1. The summed E-state index contributed by atoms with van der Waals surface area (Å²) in [5.41, 5.74) is 2.09. The number of carbonyl (C=O) groups is 1. The van der Waals surface area contributed by atoms with Crippen molar-refractivity contribution < 1.29 is 18.7 Å². The van der Waals surface area contributed by atoms with Gasteiger partial charge in [0.25, 0.3) is 0 Å². The van der Waals surface area contributed by atoms with E-state index in [1.807, 2.05) is 38.1 Å². The molecule has 1 unspecified atom stereocenters. The van der Waals surface area contributed by atoms with E-state index in [-0.39, 0.29) is 31.1 Å². The van der Waals surface area contributed by atoms with E-state index in [0.29, 0.717) is 16.6 Å². The van der Waals surface area contributed by atoms with Crippen LogP contribution >= 0.6 is 0 Å². The minimum atomic E-state index is -1.83. The Morgan fingerprint density at radius 1 is 1.03 bits per heavy atom. The first-order valence-corrected chi connectivity index (χ1v) is 12.3. The van der Waals surface area contributed by atoms with Crippen molar-refractivity contribution in [3.8, 4) is 0 Å². The van der Waals surface area contributed by atoms with Crippen molar-refractivity contribution in [3.05, 3.63) is 102 Å². The molecule has 3 N–H and O–H groups in total. The van der Waals surface area contributed by atoms with Crippen LogP contribution in [0.3, 0.4) is 0 Å². The molecule has 0 saturated carbocycles. The predicted octanol–water partition coefficient (Wildman–Crippen LogP) is 4.16. The second-order valence-electron chi connectivity index (χ2n) is 9.48. The van der Waals surface area contributed by atoms with Crippen molar-refractivity contribution in [1.29, 1.82) is 0 Å². The molecule has 2 heterocycles. The van der Waals surface area contributed by atoms with Crippen molar-refractivity contribution in [2.24, 2.45) is 0 Å². The molecule has 11 heteroatoms. The second kappa shape index (κ2) is 10.6. The number of amides is 1. The number of aliphatic hydroxyl groups is 1. The number of anilines is 2. The van der Waals surface area contributed by atoms with Crippen LogP contribution in [0, 0.1) is 25.5 Å². The van der Waals surface area contributed by atoms with Crippen LogP contribution in [0.25, 0.3) is 10.9 Å². The van der Waals surface area contributed by atoms with Gasteiger partial charge < -0.3 is 15.7 Å². The van der Waals surface area contributed by atoms with Crippen molar-refractivity contribution in [2.45, 2.75) is 32.5 Å². The van der Waals surface area contributed by atoms with Gasteiger partial charge in [-0.25, -0.2) is 18.4 Å². The number of carbonyl (C=O) groups excluding carboxylic acids is 1. The first-order valence-electron chi connectivity index (χ1n) is 12.3. The monoisotopic (exact) mass is 531 g/mol. The molecule has 0 aliphatic heterocycles. The maximum atomic E-state index is 14.8. The van der Waals surface area contributed by atoms with E-state index in [1.165, 1.54) is 28.1 Å². The van der Waals surface area contributed by atoms with E-state index in [4.69, 9.17) is 0 Å². The highest BCUT2D eigenvalue weighted by Gasteiger charge is 2.34. The molecule has 0 saturated heterocycles. The number of halogens is 2. The molecule has 9 nitrogen and oxygen atoms in total. The first-order chi connectivity index (χ1) is 18.7. The third-order valence-corrected chi connectivity index (χ3v) is 6.53. The minimum Gasteiger partial charge on any atom is -0.381 e. The van der Waals surface area contributed by atoms with Gasteiger partial charge in [-0.05, 0) is 43.2 Å². The highest BCUT2D eigenvalue weighted by Crippen LogP contribution is 2.30. The average molecular weight is 532 g/mol. The minimum absolute atomic E-state index is 0.0229. The molecule has 3 aromatic carbocycles. The van der Waals surface area contributed by atoms with Crippen molar-refractivity contribution in [2.75, 3.05) is 17.2 Å². The summed E-state index contributed by atoms with van der Waals surface area (Å²) in [6.07, 6.45) is 4.41. The summed E-state index contributed by atoms with van der Waals surface area (Å²) in [5.74, 6) is -1.83. The lowest BCUT2D eigenvalue weighted by atomic mass is 9.93. The molecule has 0 aliphatic carbocycles. The number of aryl methyl sites for hydroxylation is 2. The zero-order valence-electron chi connectivity index (χ0n) is 21.4. The van der Waals surface area contributed by atoms with E-state index < -0.39 is 17.2 Å². The molecule has 0 bridgehead atoms. The molecular formula is C28H27F2N7O2. The number of nitrogens with zero attached hydrogens (tertiary/aromatic N) is 5. The maximum Gasteiger partial charge on any atom is 0.243 e. The van der Waals surface area contributed by atoms with Crippen molar-refractivity contribution >= 4 is 28.2 Å². The van der Waals surface area contributed by atoms with Crippen LogP contribution in [-0.4, -0.2) is 42.1 Å². The first kappa shape index (κ1) is 26.0. The summed E-state index contributed by atoms with van der Waals surface area (Å²) in [5, 5.41) is 27.0. The molecule has 5 rings (SSSR count). The Bertz CT molecular complexity index is 1610. The largest absolute Gasteiger partial charge is 0.381 e. The van der Waals surface area contributed by atoms with Crippen LogP contribution in [0.4, 0.5) is 20.2 Å². The number of hydrogen-bond acceptors (Lipinski definition) is 6. The molecule has 39 heavy (non-hydrogen) atoms. The van der Waals surface area contributed by atoms with Crippen molar-refractivity contribution in [1.82, 2.24) is 24.5 Å². The Morgan fingerprint density at radius 3 is 2.49 bits per heavy atom. The lowest BCUT2D eigenvalue weighted by Gasteiger charge is -2.28. The van der Waals surface area contributed by atoms with Gasteiger partial charge in [0, 0.05) is 34.6 Å². The van der Waals surface area contributed by atoms with Gasteiger partial charge in [-0.3, -0.25) is 9.48 Å². The van der Waals surface area contributed by atoms with Gasteiger partial charge in [0.1, 0.15) is 29.9 Å². The maximum absolute atomic E-state index is 14.8. The van der Waals surface area contributed by atoms with E-state index in [9.17, 15) is 18.7 Å². The Labute approximate surface area is 223 Å². The lowest BCUT2D eigenvalue weighted by Crippen LogP contribution is -2.37. The molecule has 0 fully saturated rings. The molecule has 0 spiro atoms. The van der Waals surface area contributed by atoms with Crippen LogP contribution in [0.1, 0.15) is 16.7 Å². The summed E-state index contributed by atoms with van der Waals surface area (Å²) < 4.78 is 31.3. The van der Waals surface area contributed by atoms with Gasteiger partial charge in [-0.2, -0.15) is 10.2 Å². The number of para-hydroxylation sites is 1. The summed E-state index contributed by atoms with van der Waals surface area (Å²) in [4.78, 5) is 16.6. The molecule has 0 radical (unpaired) electrons. The SMILES string of the molecule is Cc1cccc(C)c1NC(=O)CNc1cccc2nn(CC(O)(Cn3cncn3)c3ccc(F)cc3F)cc12. The van der Waals surface area contributed by atoms with Gasteiger partial charge >= 0.3 is 0 Å². The van der Waals surface area contributed by atoms with E-state index >= 15 is 0 Å². The lowest BCUT2D eigenvalue weighted by molar-refractivity contribution is -0.114. The highest BCUT2D eigenvalue weighted by atomic mass is 19.1. The molecule has 1 amide bonds. The average Bonchev–Trinajstić information content (AvgIpc) is 3.54. The summed E-state index contributed by atoms with van der Waals surface area (Å²) >= 11 is 0. The van der Waals surface area contributed by atoms with Crippen LogP contribution in [0.15, 0.2) is 73.4 Å². The van der Waals surface area contributed by atoms with E-state index in [1.54, 1.807) is 18.3 Å². The zero-order chi connectivity index (χ0) is 27.6. The van der Waals surface area contributed by atoms with Gasteiger partial charge in [0.05, 0.1) is 25.2 Å². The number of aromatic nitrogens is 5. The third-order valence-electron chi connectivity index (χ3n) is 6.53. The normalized spacial score (nSPS) is 12.8. The second-order valence-corrected chi connectivity index (χ2v) is 9.48. The number of benzene rings is 3. The Balaban J connectivity index is 1.38. The van der Waals surface area contributed by atoms with Gasteiger partial charge in [0.2, 0.25) is 5.91 Å². The van der Waals surface area contributed by atoms with Crippen LogP contribution in [0.5, 0.6) is 0 Å². The molecule has 2 aromatic heterocycles. The zero-order valence-corrected chi connectivity index (χ0v) is 21.4. The fourth-order valence-electron chi connectivity index (χ4n) is 4.64. The summed E-state index contributed by atoms with van der Waals surface area (Å²) in [6.45, 7) is 3.60. The van der Waals surface area contributed by atoms with E-state index in [2.05, 4.69) is 25.8 Å². The Kier molecular flexibility index (Phi) is 7.07. The Hall–Kier alpha value is -4.64. The predicted molar refractivity (Wildman–Crippen MR) is 143 cm³/mol. The molecular weight excluding hydrogens is 504 g/mol. The fraction of sp³-hybridized carbons (Fsp3) is 0.214. The topological polar surface area (TPSA) is 110 Å². The molecule has 200 valence electrons. The smallest absolute Gasteiger partial charge is 0.243 e. The van der Waals surface area contributed by atoms with E-state index in [0.717, 1.165) is 28.9 Å². The van der Waals surface area contributed by atoms with Gasteiger partial charge in [-0.1, -0.05) is 30.3 Å². The molecule has 0 aliphatic rings. The molecule has 5 aromatic rings. The standard InChI is InChI=1S/C28H27F2N7O2/c1-18-5-3-6-19(2)27(18)34-26(38)12-32-24-7-4-8-25-21(24)13-36(35-25)14-28(39,15-37-17-31-16-33-37)22-10-9-20(29)11-23(22)30/h3-11,13,16-17,32,39H,12,14-15H2,1-2H3,(H,34,38). The number of hydrogen-bond donors (Lipinski definition) is 3. The van der Waals surface area contributed by atoms with Gasteiger partial charge in [0.15, 0.2) is 0 Å². The van der Waals surface area contributed by atoms with Crippen LogP contribution < -0.4 is 10.6 Å². The number of nitrogens with one attached hydrogen (secondary N) is 2. The van der Waals surface area contributed by atoms with Crippen LogP contribution in [0.2, 0.25) is 0 Å². The molecule has 1 atom stereocenters. The van der Waals surface area contributed by atoms with Crippen LogP contribution in [-0.2, 0) is 23.5 Å². The summed E-state index contributed by atoms with van der Waals surface area (Å²) in [6, 6.07) is 14.3. The quantitative estimate of drug-likeness (QED) is 0.264. The highest BCUT2D eigenvalue weighted by molar-refractivity contribution is 5.97. The third kappa shape index (κ3) is 5.63. The van der Waals surface area contributed by atoms with Crippen molar-refractivity contribution in [3.63, 3.8) is 0 Å². The number of rotatable bonds is 9. The fourth-order valence-corrected chi connectivity index (χ4v) is 4.64.